The van der Waals surface area contributed by atoms with Crippen LogP contribution in [0.4, 0.5) is 0 Å². The van der Waals surface area contributed by atoms with E-state index >= 15 is 0 Å². The van der Waals surface area contributed by atoms with Crippen molar-refractivity contribution >= 4 is 11.8 Å². The van der Waals surface area contributed by atoms with Crippen LogP contribution in [0.3, 0.4) is 0 Å². The third kappa shape index (κ3) is 2.49. The van der Waals surface area contributed by atoms with Gasteiger partial charge in [-0.1, -0.05) is 6.07 Å². The van der Waals surface area contributed by atoms with Gasteiger partial charge in [0.2, 0.25) is 0 Å². The minimum Gasteiger partial charge on any atom is -0.496 e. The molecule has 0 fully saturated rings. The summed E-state index contributed by atoms with van der Waals surface area (Å²) < 4.78 is 7.23. The minimum atomic E-state index is -0.100. The van der Waals surface area contributed by atoms with Crippen molar-refractivity contribution < 1.29 is 4.74 Å². The van der Waals surface area contributed by atoms with E-state index in [9.17, 15) is 0 Å². The monoisotopic (exact) mass is 264 g/mol. The molecule has 6 heteroatoms. The molecule has 0 aliphatic carbocycles. The van der Waals surface area contributed by atoms with Crippen LogP contribution in [-0.4, -0.2) is 21.9 Å². The van der Waals surface area contributed by atoms with Crippen LogP contribution in [0.5, 0.6) is 5.75 Å². The molecule has 1 aromatic carbocycles. The fraction of sp³-hybridized carbons (Fsp3) is 0.333. The van der Waals surface area contributed by atoms with Crippen LogP contribution < -0.4 is 10.5 Å². The van der Waals surface area contributed by atoms with Gasteiger partial charge in [0.15, 0.2) is 5.16 Å². The van der Waals surface area contributed by atoms with Crippen LogP contribution in [-0.2, 0) is 7.05 Å². The van der Waals surface area contributed by atoms with E-state index in [-0.39, 0.29) is 6.04 Å². The second-order valence-electron chi connectivity index (χ2n) is 3.99. The molecular weight excluding hydrogens is 248 g/mol. The predicted molar refractivity (Wildman–Crippen MR) is 70.7 cm³/mol. The Bertz CT molecular complexity index is 539. The molecule has 0 saturated carbocycles. The highest BCUT2D eigenvalue weighted by atomic mass is 32.2. The summed E-state index contributed by atoms with van der Waals surface area (Å²) in [6, 6.07) is 5.78. The Hall–Kier alpha value is -1.53. The van der Waals surface area contributed by atoms with E-state index in [4.69, 9.17) is 10.5 Å². The summed E-state index contributed by atoms with van der Waals surface area (Å²) in [5.74, 6) is 0.803. The minimum absolute atomic E-state index is 0.100. The molecule has 2 aromatic rings. The van der Waals surface area contributed by atoms with Gasteiger partial charge >= 0.3 is 0 Å². The molecule has 0 bridgehead atoms. The van der Waals surface area contributed by atoms with Gasteiger partial charge in [-0.15, -0.1) is 10.2 Å². The third-order valence-electron chi connectivity index (χ3n) is 2.57. The van der Waals surface area contributed by atoms with Crippen LogP contribution in [0.25, 0.3) is 0 Å². The number of methoxy groups -OCH3 is 1. The average molecular weight is 264 g/mol. The highest BCUT2D eigenvalue weighted by Crippen LogP contribution is 2.36. The lowest BCUT2D eigenvalue weighted by atomic mass is 10.1. The van der Waals surface area contributed by atoms with Crippen molar-refractivity contribution in [1.29, 1.82) is 0 Å². The molecule has 0 aliphatic heterocycles. The summed E-state index contributed by atoms with van der Waals surface area (Å²) in [7, 11) is 3.56. The van der Waals surface area contributed by atoms with Crippen molar-refractivity contribution in [1.82, 2.24) is 14.8 Å². The Morgan fingerprint density at radius 2 is 2.22 bits per heavy atom. The van der Waals surface area contributed by atoms with Crippen molar-refractivity contribution in [3.63, 3.8) is 0 Å². The average Bonchev–Trinajstić information content (AvgIpc) is 2.74. The number of nitrogens with two attached hydrogens (primary N) is 1. The quantitative estimate of drug-likeness (QED) is 0.915. The maximum atomic E-state index is 6.02. The van der Waals surface area contributed by atoms with E-state index in [0.29, 0.717) is 0 Å². The zero-order chi connectivity index (χ0) is 13.1. The number of aryl methyl sites for hydroxylation is 1. The standard InChI is InChI=1S/C12H16N4OS/c1-8(13)11-9(17-3)5-4-6-10(11)18-12-15-14-7-16(12)2/h4-8H,13H2,1-3H3. The number of aromatic nitrogens is 3. The summed E-state index contributed by atoms with van der Waals surface area (Å²) in [4.78, 5) is 1.04. The molecule has 18 heavy (non-hydrogen) atoms. The Kier molecular flexibility index (Phi) is 3.88. The van der Waals surface area contributed by atoms with E-state index in [2.05, 4.69) is 10.2 Å². The van der Waals surface area contributed by atoms with E-state index in [1.165, 1.54) is 11.8 Å². The van der Waals surface area contributed by atoms with Gasteiger partial charge in [-0.2, -0.15) is 0 Å². The lowest BCUT2D eigenvalue weighted by Crippen LogP contribution is -2.08. The topological polar surface area (TPSA) is 66.0 Å². The van der Waals surface area contributed by atoms with E-state index in [1.807, 2.05) is 36.7 Å². The summed E-state index contributed by atoms with van der Waals surface area (Å²) in [6.45, 7) is 1.94. The van der Waals surface area contributed by atoms with Gasteiger partial charge in [0.05, 0.1) is 7.11 Å². The fourth-order valence-electron chi connectivity index (χ4n) is 1.70. The summed E-state index contributed by atoms with van der Waals surface area (Å²) in [6.07, 6.45) is 1.67. The van der Waals surface area contributed by atoms with Gasteiger partial charge < -0.3 is 15.0 Å². The lowest BCUT2D eigenvalue weighted by molar-refractivity contribution is 0.405. The van der Waals surface area contributed by atoms with Crippen molar-refractivity contribution in [2.75, 3.05) is 7.11 Å². The smallest absolute Gasteiger partial charge is 0.195 e. The number of benzene rings is 1. The van der Waals surface area contributed by atoms with Gasteiger partial charge in [0, 0.05) is 23.5 Å². The Morgan fingerprint density at radius 3 is 2.78 bits per heavy atom. The van der Waals surface area contributed by atoms with Crippen molar-refractivity contribution in [2.45, 2.75) is 23.0 Å². The molecule has 1 atom stereocenters. The Balaban J connectivity index is 2.41. The van der Waals surface area contributed by atoms with Gasteiger partial charge in [0.25, 0.3) is 0 Å². The Morgan fingerprint density at radius 1 is 1.44 bits per heavy atom. The fourth-order valence-corrected chi connectivity index (χ4v) is 2.72. The highest BCUT2D eigenvalue weighted by Gasteiger charge is 2.15. The molecule has 1 aromatic heterocycles. The molecule has 0 aliphatic rings. The van der Waals surface area contributed by atoms with Crippen molar-refractivity contribution in [3.8, 4) is 5.75 Å². The van der Waals surface area contributed by atoms with Crippen LogP contribution in [0.1, 0.15) is 18.5 Å². The third-order valence-corrected chi connectivity index (χ3v) is 3.70. The SMILES string of the molecule is COc1cccc(Sc2nncn2C)c1C(C)N. The molecule has 96 valence electrons. The normalized spacial score (nSPS) is 12.4. The first-order valence-corrected chi connectivity index (χ1v) is 6.39. The first-order valence-electron chi connectivity index (χ1n) is 5.57. The summed E-state index contributed by atoms with van der Waals surface area (Å²) in [5, 5.41) is 8.75. The Labute approximate surface area is 110 Å². The zero-order valence-electron chi connectivity index (χ0n) is 10.6. The maximum Gasteiger partial charge on any atom is 0.195 e. The van der Waals surface area contributed by atoms with E-state index < -0.39 is 0 Å². The van der Waals surface area contributed by atoms with Crippen molar-refractivity contribution in [3.05, 3.63) is 30.1 Å². The number of ether oxygens (including phenoxy) is 1. The number of hydrogen-bond donors (Lipinski definition) is 1. The molecule has 1 heterocycles. The summed E-state index contributed by atoms with van der Waals surface area (Å²) in [5.41, 5.74) is 7.02. The molecule has 0 spiro atoms. The second kappa shape index (κ2) is 5.41. The first kappa shape index (κ1) is 12.9. The zero-order valence-corrected chi connectivity index (χ0v) is 11.4. The van der Waals surface area contributed by atoms with Gasteiger partial charge in [-0.25, -0.2) is 0 Å². The van der Waals surface area contributed by atoms with Crippen molar-refractivity contribution in [2.24, 2.45) is 12.8 Å². The van der Waals surface area contributed by atoms with Crippen LogP contribution >= 0.6 is 11.8 Å². The number of rotatable bonds is 4. The van der Waals surface area contributed by atoms with Crippen LogP contribution in [0.15, 0.2) is 34.6 Å². The predicted octanol–water partition coefficient (Wildman–Crippen LogP) is 1.99. The van der Waals surface area contributed by atoms with Gasteiger partial charge in [0.1, 0.15) is 12.1 Å². The molecule has 2 rings (SSSR count). The first-order chi connectivity index (χ1) is 8.63. The van der Waals surface area contributed by atoms with E-state index in [1.54, 1.807) is 13.4 Å². The van der Waals surface area contributed by atoms with Gasteiger partial charge in [-0.3, -0.25) is 0 Å². The summed E-state index contributed by atoms with van der Waals surface area (Å²) >= 11 is 1.53. The molecule has 0 saturated heterocycles. The maximum absolute atomic E-state index is 6.02. The molecule has 1 unspecified atom stereocenters. The molecule has 5 nitrogen and oxygen atoms in total. The highest BCUT2D eigenvalue weighted by molar-refractivity contribution is 7.99. The van der Waals surface area contributed by atoms with Crippen LogP contribution in [0.2, 0.25) is 0 Å². The van der Waals surface area contributed by atoms with E-state index in [0.717, 1.165) is 21.4 Å². The largest absolute Gasteiger partial charge is 0.496 e. The van der Waals surface area contributed by atoms with Crippen LogP contribution in [0, 0.1) is 0 Å². The number of nitrogens with zero attached hydrogens (tertiary/aromatic N) is 3. The molecule has 2 N–H and O–H groups in total. The molecule has 0 radical (unpaired) electrons. The van der Waals surface area contributed by atoms with Gasteiger partial charge in [-0.05, 0) is 30.8 Å². The second-order valence-corrected chi connectivity index (χ2v) is 5.00. The lowest BCUT2D eigenvalue weighted by Gasteiger charge is -2.15. The number of hydrogen-bond acceptors (Lipinski definition) is 5. The molecular formula is C12H16N4OS. The molecule has 0 amide bonds.